The van der Waals surface area contributed by atoms with Crippen LogP contribution in [0.5, 0.6) is 23.0 Å². The number of nitrogens with zero attached hydrogens (tertiary/aromatic N) is 2. The van der Waals surface area contributed by atoms with Crippen molar-refractivity contribution in [3.05, 3.63) is 88.1 Å². The number of methoxy groups -OCH3 is 1. The minimum atomic E-state index is -0.446. The van der Waals surface area contributed by atoms with Gasteiger partial charge in [-0.05, 0) is 92.1 Å². The minimum absolute atomic E-state index is 0.133. The van der Waals surface area contributed by atoms with E-state index in [4.69, 9.17) is 14.2 Å². The third-order valence-electron chi connectivity index (χ3n) is 7.90. The number of amides is 1. The maximum absolute atomic E-state index is 14.0. The fourth-order valence-corrected chi connectivity index (χ4v) is 5.75. The van der Waals surface area contributed by atoms with Gasteiger partial charge in [-0.1, -0.05) is 38.1 Å². The van der Waals surface area contributed by atoms with Crippen molar-refractivity contribution in [2.45, 2.75) is 53.5 Å². The van der Waals surface area contributed by atoms with E-state index in [0.717, 1.165) is 40.0 Å². The second-order valence-corrected chi connectivity index (χ2v) is 11.5. The van der Waals surface area contributed by atoms with E-state index in [0.29, 0.717) is 60.5 Å². The molecule has 8 nitrogen and oxygen atoms in total. The van der Waals surface area contributed by atoms with Gasteiger partial charge in [0.15, 0.2) is 11.5 Å². The van der Waals surface area contributed by atoms with Crippen LogP contribution in [0.2, 0.25) is 0 Å². The second-order valence-electron chi connectivity index (χ2n) is 11.5. The number of aryl methyl sites for hydroxylation is 2. The highest BCUT2D eigenvalue weighted by Crippen LogP contribution is 2.47. The standard InChI is InChI=1S/C35H41N3O5/c1-7-42-29-20-25(10-13-28(29)43-17-15-21(2)3)34-31-32(30-23(5)18-22(4)19-27(30)39)36-37-33(31)35(40)38(34)16-14-24-8-11-26(41-6)12-9-24/h8-13,18-21,34,39H,7,14-17H2,1-6H3,(H,36,37). The first-order valence-corrected chi connectivity index (χ1v) is 14.9. The molecule has 4 aromatic rings. The normalized spacial score (nSPS) is 14.3. The van der Waals surface area contributed by atoms with Crippen LogP contribution in [0.25, 0.3) is 11.3 Å². The third-order valence-corrected chi connectivity index (χ3v) is 7.90. The lowest BCUT2D eigenvalue weighted by molar-refractivity contribution is 0.0745. The van der Waals surface area contributed by atoms with Crippen LogP contribution in [0, 0.1) is 19.8 Å². The first-order valence-electron chi connectivity index (χ1n) is 14.9. The van der Waals surface area contributed by atoms with Crippen LogP contribution < -0.4 is 14.2 Å². The molecule has 226 valence electrons. The van der Waals surface area contributed by atoms with Crippen molar-refractivity contribution >= 4 is 5.91 Å². The Bertz CT molecular complexity index is 1570. The summed E-state index contributed by atoms with van der Waals surface area (Å²) in [6, 6.07) is 17.1. The Morgan fingerprint density at radius 1 is 1.02 bits per heavy atom. The monoisotopic (exact) mass is 583 g/mol. The van der Waals surface area contributed by atoms with Crippen molar-refractivity contribution in [2.75, 3.05) is 26.9 Å². The molecule has 0 radical (unpaired) electrons. The topological polar surface area (TPSA) is 96.9 Å². The van der Waals surface area contributed by atoms with Gasteiger partial charge in [-0.25, -0.2) is 0 Å². The highest BCUT2D eigenvalue weighted by molar-refractivity contribution is 6.00. The van der Waals surface area contributed by atoms with Crippen LogP contribution in [0.3, 0.4) is 0 Å². The summed E-state index contributed by atoms with van der Waals surface area (Å²) in [6.45, 7) is 11.7. The molecule has 3 aromatic carbocycles. The molecule has 0 saturated carbocycles. The highest BCUT2D eigenvalue weighted by Gasteiger charge is 2.43. The first kappa shape index (κ1) is 30.0. The van der Waals surface area contributed by atoms with Gasteiger partial charge in [0, 0.05) is 17.7 Å². The van der Waals surface area contributed by atoms with Gasteiger partial charge in [0.25, 0.3) is 5.91 Å². The lowest BCUT2D eigenvalue weighted by Gasteiger charge is -2.27. The van der Waals surface area contributed by atoms with Crippen molar-refractivity contribution in [1.82, 2.24) is 15.1 Å². The number of phenolic OH excluding ortho intramolecular Hbond substituents is 1. The molecule has 1 unspecified atom stereocenters. The molecule has 5 rings (SSSR count). The van der Waals surface area contributed by atoms with E-state index >= 15 is 0 Å². The average molecular weight is 584 g/mol. The molecule has 1 aromatic heterocycles. The molecule has 0 fully saturated rings. The number of hydrogen-bond donors (Lipinski definition) is 2. The van der Waals surface area contributed by atoms with Crippen LogP contribution in [0.4, 0.5) is 0 Å². The van der Waals surface area contributed by atoms with Gasteiger partial charge in [-0.3, -0.25) is 9.89 Å². The minimum Gasteiger partial charge on any atom is -0.507 e. The molecule has 0 saturated heterocycles. The second kappa shape index (κ2) is 12.8. The molecule has 43 heavy (non-hydrogen) atoms. The van der Waals surface area contributed by atoms with Gasteiger partial charge >= 0.3 is 0 Å². The van der Waals surface area contributed by atoms with E-state index in [1.807, 2.05) is 74.2 Å². The zero-order chi connectivity index (χ0) is 30.7. The molecule has 1 amide bonds. The highest BCUT2D eigenvalue weighted by atomic mass is 16.5. The lowest BCUT2D eigenvalue weighted by Crippen LogP contribution is -2.31. The maximum Gasteiger partial charge on any atom is 0.273 e. The Morgan fingerprint density at radius 2 is 1.79 bits per heavy atom. The number of benzene rings is 3. The number of ether oxygens (including phenoxy) is 3. The number of nitrogens with one attached hydrogen (secondary N) is 1. The molecule has 2 heterocycles. The number of aromatic hydroxyl groups is 1. The Labute approximate surface area is 253 Å². The molecule has 2 N–H and O–H groups in total. The molecule has 0 bridgehead atoms. The number of aromatic amines is 1. The number of hydrogen-bond acceptors (Lipinski definition) is 6. The molecular weight excluding hydrogens is 542 g/mol. The van der Waals surface area contributed by atoms with Crippen LogP contribution in [0.15, 0.2) is 54.6 Å². The number of carbonyl (C=O) groups is 1. The summed E-state index contributed by atoms with van der Waals surface area (Å²) in [5.41, 5.74) is 6.20. The van der Waals surface area contributed by atoms with Gasteiger partial charge < -0.3 is 24.2 Å². The molecule has 1 aliphatic rings. The summed E-state index contributed by atoms with van der Waals surface area (Å²) in [6.07, 6.45) is 1.59. The van der Waals surface area contributed by atoms with Gasteiger partial charge in [0.1, 0.15) is 22.9 Å². The Balaban J connectivity index is 1.58. The fraction of sp³-hybridized carbons (Fsp3) is 0.371. The van der Waals surface area contributed by atoms with Gasteiger partial charge in [0.05, 0.1) is 26.4 Å². The van der Waals surface area contributed by atoms with Gasteiger partial charge in [0.2, 0.25) is 0 Å². The first-order chi connectivity index (χ1) is 20.7. The zero-order valence-electron chi connectivity index (χ0n) is 25.9. The van der Waals surface area contributed by atoms with E-state index < -0.39 is 6.04 Å². The van der Waals surface area contributed by atoms with Crippen molar-refractivity contribution in [1.29, 1.82) is 0 Å². The molecule has 1 aliphatic heterocycles. The summed E-state index contributed by atoms with van der Waals surface area (Å²) >= 11 is 0. The number of aromatic nitrogens is 2. The Morgan fingerprint density at radius 3 is 2.47 bits per heavy atom. The van der Waals surface area contributed by atoms with E-state index in [1.165, 1.54) is 0 Å². The fourth-order valence-electron chi connectivity index (χ4n) is 5.75. The number of carbonyl (C=O) groups excluding carboxylic acids is 1. The largest absolute Gasteiger partial charge is 0.507 e. The lowest BCUT2D eigenvalue weighted by atomic mass is 9.93. The molecule has 0 spiro atoms. The summed E-state index contributed by atoms with van der Waals surface area (Å²) in [5, 5.41) is 18.6. The Hall–Kier alpha value is -4.46. The molecule has 8 heteroatoms. The summed E-state index contributed by atoms with van der Waals surface area (Å²) in [4.78, 5) is 15.8. The number of phenols is 1. The molecular formula is C35H41N3O5. The van der Waals surface area contributed by atoms with E-state index in [1.54, 1.807) is 13.2 Å². The SMILES string of the molecule is CCOc1cc(C2c3c(-c4c(C)cc(C)cc4O)n[nH]c3C(=O)N2CCc2ccc(OC)cc2)ccc1OCCC(C)C. The molecule has 0 aliphatic carbocycles. The van der Waals surface area contributed by atoms with Gasteiger partial charge in [-0.15, -0.1) is 0 Å². The molecule has 1 atom stereocenters. The third kappa shape index (κ3) is 6.19. The van der Waals surface area contributed by atoms with Gasteiger partial charge in [-0.2, -0.15) is 5.10 Å². The maximum atomic E-state index is 14.0. The summed E-state index contributed by atoms with van der Waals surface area (Å²) < 4.78 is 17.5. The number of fused-ring (bicyclic) bond motifs is 1. The van der Waals surface area contributed by atoms with Crippen LogP contribution in [0.1, 0.15) is 71.5 Å². The van der Waals surface area contributed by atoms with E-state index in [-0.39, 0.29) is 11.7 Å². The van der Waals surface area contributed by atoms with Crippen LogP contribution in [-0.4, -0.2) is 53.0 Å². The van der Waals surface area contributed by atoms with Crippen molar-refractivity contribution < 1.29 is 24.1 Å². The van der Waals surface area contributed by atoms with E-state index in [9.17, 15) is 9.90 Å². The average Bonchev–Trinajstić information content (AvgIpc) is 3.51. The summed E-state index contributed by atoms with van der Waals surface area (Å²) in [5.74, 6) is 2.64. The zero-order valence-corrected chi connectivity index (χ0v) is 25.9. The smallest absolute Gasteiger partial charge is 0.273 e. The number of H-pyrrole nitrogens is 1. The predicted molar refractivity (Wildman–Crippen MR) is 167 cm³/mol. The van der Waals surface area contributed by atoms with Crippen molar-refractivity contribution in [3.63, 3.8) is 0 Å². The predicted octanol–water partition coefficient (Wildman–Crippen LogP) is 7.02. The van der Waals surface area contributed by atoms with E-state index in [2.05, 4.69) is 24.0 Å². The van der Waals surface area contributed by atoms with Crippen molar-refractivity contribution in [2.24, 2.45) is 5.92 Å². The van der Waals surface area contributed by atoms with Crippen molar-refractivity contribution in [3.8, 4) is 34.3 Å². The van der Waals surface area contributed by atoms with Crippen LogP contribution >= 0.6 is 0 Å². The Kier molecular flexibility index (Phi) is 8.94. The van der Waals surface area contributed by atoms with Crippen LogP contribution in [-0.2, 0) is 6.42 Å². The summed E-state index contributed by atoms with van der Waals surface area (Å²) in [7, 11) is 1.65. The quantitative estimate of drug-likeness (QED) is 0.186. The number of rotatable bonds is 12.